The molecule has 0 unspecified atom stereocenters. The van der Waals surface area contributed by atoms with E-state index in [9.17, 15) is 4.79 Å². The molecule has 0 aliphatic rings. The topological polar surface area (TPSA) is 64.7 Å². The lowest BCUT2D eigenvalue weighted by Gasteiger charge is -2.00. The van der Waals surface area contributed by atoms with E-state index in [0.29, 0.717) is 11.7 Å². The summed E-state index contributed by atoms with van der Waals surface area (Å²) in [7, 11) is 1.76. The van der Waals surface area contributed by atoms with Crippen LogP contribution in [0.25, 0.3) is 11.8 Å². The smallest absolute Gasteiger partial charge is 0.244 e. The average Bonchev–Trinajstić information content (AvgIpc) is 3.18. The molecule has 6 nitrogen and oxygen atoms in total. The predicted octanol–water partition coefficient (Wildman–Crippen LogP) is 2.90. The normalized spacial score (nSPS) is 11.2. The summed E-state index contributed by atoms with van der Waals surface area (Å²) in [6, 6.07) is 9.80. The van der Waals surface area contributed by atoms with E-state index >= 15 is 0 Å². The predicted molar refractivity (Wildman–Crippen MR) is 97.4 cm³/mol. The Kier molecular flexibility index (Phi) is 5.00. The standard InChI is InChI=1S/C18H18ClN5O/c1-13-16(18(19)23(2)22-13)8-9-17(25)20-10-14-11-21-24(12-14)15-6-4-3-5-7-15/h3-9,11-12H,10H2,1-2H3,(H,20,25)/b9-8+. The van der Waals surface area contributed by atoms with E-state index in [1.807, 2.05) is 43.5 Å². The van der Waals surface area contributed by atoms with Gasteiger partial charge in [0.25, 0.3) is 0 Å². The van der Waals surface area contributed by atoms with Gasteiger partial charge in [-0.25, -0.2) is 4.68 Å². The Bertz CT molecular complexity index is 911. The van der Waals surface area contributed by atoms with Crippen molar-refractivity contribution < 1.29 is 4.79 Å². The first kappa shape index (κ1) is 17.0. The molecule has 1 aromatic carbocycles. The van der Waals surface area contributed by atoms with Crippen molar-refractivity contribution in [1.29, 1.82) is 0 Å². The number of aromatic nitrogens is 4. The first-order valence-corrected chi connectivity index (χ1v) is 8.16. The molecule has 0 fully saturated rings. The van der Waals surface area contributed by atoms with E-state index in [2.05, 4.69) is 15.5 Å². The molecule has 2 aromatic heterocycles. The minimum absolute atomic E-state index is 0.202. The highest BCUT2D eigenvalue weighted by atomic mass is 35.5. The van der Waals surface area contributed by atoms with E-state index in [4.69, 9.17) is 11.6 Å². The number of hydrogen-bond donors (Lipinski definition) is 1. The second-order valence-electron chi connectivity index (χ2n) is 5.59. The Morgan fingerprint density at radius 3 is 2.76 bits per heavy atom. The van der Waals surface area contributed by atoms with Gasteiger partial charge in [-0.3, -0.25) is 9.48 Å². The van der Waals surface area contributed by atoms with Crippen molar-refractivity contribution in [2.45, 2.75) is 13.5 Å². The highest BCUT2D eigenvalue weighted by Gasteiger charge is 2.08. The van der Waals surface area contributed by atoms with Crippen LogP contribution in [0.15, 0.2) is 48.8 Å². The quantitative estimate of drug-likeness (QED) is 0.716. The first-order valence-electron chi connectivity index (χ1n) is 7.78. The zero-order valence-corrected chi connectivity index (χ0v) is 14.7. The van der Waals surface area contributed by atoms with Gasteiger partial charge < -0.3 is 5.32 Å². The third kappa shape index (κ3) is 3.97. The number of amides is 1. The Labute approximate surface area is 150 Å². The molecule has 0 atom stereocenters. The summed E-state index contributed by atoms with van der Waals surface area (Å²) in [4.78, 5) is 12.0. The molecule has 0 saturated carbocycles. The molecule has 3 aromatic rings. The number of rotatable bonds is 5. The van der Waals surface area contributed by atoms with Crippen LogP contribution in [0.5, 0.6) is 0 Å². The fraction of sp³-hybridized carbons (Fsp3) is 0.167. The number of carbonyl (C=O) groups excluding carboxylic acids is 1. The van der Waals surface area contributed by atoms with Crippen LogP contribution in [0.3, 0.4) is 0 Å². The van der Waals surface area contributed by atoms with Gasteiger partial charge in [-0.05, 0) is 25.1 Å². The van der Waals surface area contributed by atoms with Crippen LogP contribution >= 0.6 is 11.6 Å². The third-order valence-electron chi connectivity index (χ3n) is 3.72. The molecule has 0 aliphatic heterocycles. The highest BCUT2D eigenvalue weighted by molar-refractivity contribution is 6.31. The van der Waals surface area contributed by atoms with Crippen LogP contribution in [0.1, 0.15) is 16.8 Å². The van der Waals surface area contributed by atoms with Crippen molar-refractivity contribution in [2.24, 2.45) is 7.05 Å². The minimum Gasteiger partial charge on any atom is -0.348 e. The number of carbonyl (C=O) groups is 1. The number of para-hydroxylation sites is 1. The molecule has 7 heteroatoms. The number of benzene rings is 1. The van der Waals surface area contributed by atoms with Gasteiger partial charge in [-0.2, -0.15) is 10.2 Å². The molecule has 0 bridgehead atoms. The Morgan fingerprint density at radius 1 is 1.32 bits per heavy atom. The van der Waals surface area contributed by atoms with Gasteiger partial charge in [0.15, 0.2) is 0 Å². The molecule has 1 N–H and O–H groups in total. The number of halogens is 1. The lowest BCUT2D eigenvalue weighted by Crippen LogP contribution is -2.19. The van der Waals surface area contributed by atoms with E-state index in [1.165, 1.54) is 6.08 Å². The third-order valence-corrected chi connectivity index (χ3v) is 4.17. The molecule has 0 aliphatic carbocycles. The van der Waals surface area contributed by atoms with Gasteiger partial charge in [-0.15, -0.1) is 0 Å². The van der Waals surface area contributed by atoms with Crippen molar-refractivity contribution in [3.63, 3.8) is 0 Å². The summed E-state index contributed by atoms with van der Waals surface area (Å²) >= 11 is 6.14. The number of nitrogens with zero attached hydrogens (tertiary/aromatic N) is 4. The van der Waals surface area contributed by atoms with Crippen molar-refractivity contribution in [3.05, 3.63) is 70.8 Å². The maximum atomic E-state index is 12.0. The lowest BCUT2D eigenvalue weighted by atomic mass is 10.2. The summed E-state index contributed by atoms with van der Waals surface area (Å²) in [5.74, 6) is -0.202. The molecule has 25 heavy (non-hydrogen) atoms. The van der Waals surface area contributed by atoms with Gasteiger partial charge in [0, 0.05) is 37.0 Å². The summed E-state index contributed by atoms with van der Waals surface area (Å²) in [6.07, 6.45) is 6.76. The summed E-state index contributed by atoms with van der Waals surface area (Å²) in [5.41, 5.74) is 3.42. The molecule has 1 amide bonds. The van der Waals surface area contributed by atoms with Crippen LogP contribution in [0.4, 0.5) is 0 Å². The molecule has 0 spiro atoms. The van der Waals surface area contributed by atoms with Gasteiger partial charge >= 0.3 is 0 Å². The zero-order valence-electron chi connectivity index (χ0n) is 14.0. The molecule has 128 valence electrons. The highest BCUT2D eigenvalue weighted by Crippen LogP contribution is 2.19. The van der Waals surface area contributed by atoms with Crippen LogP contribution in [0.2, 0.25) is 5.15 Å². The van der Waals surface area contributed by atoms with Gasteiger partial charge in [0.1, 0.15) is 5.15 Å². The summed E-state index contributed by atoms with van der Waals surface area (Å²) < 4.78 is 3.35. The van der Waals surface area contributed by atoms with Crippen molar-refractivity contribution >= 4 is 23.6 Å². The van der Waals surface area contributed by atoms with Gasteiger partial charge in [0.05, 0.1) is 17.6 Å². The Balaban J connectivity index is 1.59. The van der Waals surface area contributed by atoms with E-state index in [1.54, 1.807) is 28.7 Å². The zero-order chi connectivity index (χ0) is 17.8. The summed E-state index contributed by atoms with van der Waals surface area (Å²) in [5, 5.41) is 11.8. The Hall–Kier alpha value is -2.86. The van der Waals surface area contributed by atoms with E-state index in [0.717, 1.165) is 22.5 Å². The fourth-order valence-corrected chi connectivity index (χ4v) is 2.65. The van der Waals surface area contributed by atoms with Crippen LogP contribution in [-0.4, -0.2) is 25.5 Å². The average molecular weight is 356 g/mol. The van der Waals surface area contributed by atoms with Gasteiger partial charge in [-0.1, -0.05) is 29.8 Å². The van der Waals surface area contributed by atoms with Crippen molar-refractivity contribution in [1.82, 2.24) is 24.9 Å². The molecule has 0 radical (unpaired) electrons. The lowest BCUT2D eigenvalue weighted by molar-refractivity contribution is -0.116. The maximum Gasteiger partial charge on any atom is 0.244 e. The van der Waals surface area contributed by atoms with Crippen LogP contribution in [-0.2, 0) is 18.4 Å². The monoisotopic (exact) mass is 355 g/mol. The molecule has 0 saturated heterocycles. The maximum absolute atomic E-state index is 12.0. The minimum atomic E-state index is -0.202. The second-order valence-corrected chi connectivity index (χ2v) is 5.95. The van der Waals surface area contributed by atoms with Crippen molar-refractivity contribution in [2.75, 3.05) is 0 Å². The first-order chi connectivity index (χ1) is 12.0. The number of aryl methyl sites for hydroxylation is 2. The van der Waals surface area contributed by atoms with E-state index in [-0.39, 0.29) is 5.91 Å². The van der Waals surface area contributed by atoms with Crippen LogP contribution in [0, 0.1) is 6.92 Å². The fourth-order valence-electron chi connectivity index (χ4n) is 2.42. The van der Waals surface area contributed by atoms with Crippen molar-refractivity contribution in [3.8, 4) is 5.69 Å². The largest absolute Gasteiger partial charge is 0.348 e. The molecule has 2 heterocycles. The van der Waals surface area contributed by atoms with E-state index < -0.39 is 0 Å². The summed E-state index contributed by atoms with van der Waals surface area (Å²) in [6.45, 7) is 2.25. The second kappa shape index (κ2) is 7.36. The number of hydrogen-bond acceptors (Lipinski definition) is 3. The van der Waals surface area contributed by atoms with Gasteiger partial charge in [0.2, 0.25) is 5.91 Å². The molecule has 3 rings (SSSR count). The Morgan fingerprint density at radius 2 is 2.08 bits per heavy atom. The molecular formula is C18H18ClN5O. The van der Waals surface area contributed by atoms with Crippen LogP contribution < -0.4 is 5.32 Å². The molecular weight excluding hydrogens is 338 g/mol. The number of nitrogens with one attached hydrogen (secondary N) is 1. The SMILES string of the molecule is Cc1nn(C)c(Cl)c1/C=C/C(=O)NCc1cnn(-c2ccccc2)c1.